The monoisotopic (exact) mass is 319 g/mol. The number of ether oxygens (including phenoxy) is 1. The number of nitrogens with one attached hydrogen (secondary N) is 1. The van der Waals surface area contributed by atoms with Crippen LogP contribution in [0.3, 0.4) is 0 Å². The van der Waals surface area contributed by atoms with Crippen molar-refractivity contribution in [1.29, 1.82) is 0 Å². The van der Waals surface area contributed by atoms with Crippen LogP contribution in [0.15, 0.2) is 24.3 Å². The molecule has 2 rings (SSSR count). The number of hydrogen-bond acceptors (Lipinski definition) is 5. The molecule has 23 heavy (non-hydrogen) atoms. The third-order valence-corrected chi connectivity index (χ3v) is 3.23. The highest BCUT2D eigenvalue weighted by Crippen LogP contribution is 2.17. The van der Waals surface area contributed by atoms with Crippen molar-refractivity contribution in [2.45, 2.75) is 6.92 Å². The van der Waals surface area contributed by atoms with Gasteiger partial charge in [0.25, 0.3) is 5.91 Å². The van der Waals surface area contributed by atoms with Crippen molar-refractivity contribution in [3.05, 3.63) is 29.8 Å². The maximum Gasteiger partial charge on any atom is 0.340 e. The molecule has 1 aliphatic heterocycles. The quantitative estimate of drug-likeness (QED) is 0.636. The second kappa shape index (κ2) is 6.91. The number of carbonyl (C=O) groups is 4. The molecular weight excluding hydrogens is 302 g/mol. The van der Waals surface area contributed by atoms with Gasteiger partial charge >= 0.3 is 12.0 Å². The van der Waals surface area contributed by atoms with Gasteiger partial charge in [-0.05, 0) is 19.1 Å². The Kier molecular flexibility index (Phi) is 4.95. The maximum absolute atomic E-state index is 12.1. The molecule has 1 aliphatic rings. The van der Waals surface area contributed by atoms with Gasteiger partial charge in [-0.3, -0.25) is 14.5 Å². The first kappa shape index (κ1) is 16.5. The second-order valence-electron chi connectivity index (χ2n) is 4.93. The zero-order valence-corrected chi connectivity index (χ0v) is 12.9. The van der Waals surface area contributed by atoms with Gasteiger partial charge in [0.2, 0.25) is 5.91 Å². The molecule has 8 nitrogen and oxygen atoms in total. The minimum absolute atomic E-state index is 0.0501. The second-order valence-corrected chi connectivity index (χ2v) is 4.93. The number of urea groups is 1. The molecule has 1 N–H and O–H groups in total. The van der Waals surface area contributed by atoms with Crippen LogP contribution in [0, 0.1) is 0 Å². The molecule has 0 radical (unpaired) electrons. The fourth-order valence-corrected chi connectivity index (χ4v) is 2.14. The van der Waals surface area contributed by atoms with Gasteiger partial charge in [0.15, 0.2) is 0 Å². The van der Waals surface area contributed by atoms with E-state index < -0.39 is 30.4 Å². The van der Waals surface area contributed by atoms with Crippen molar-refractivity contribution in [3.8, 4) is 0 Å². The topological polar surface area (TPSA) is 96.0 Å². The van der Waals surface area contributed by atoms with E-state index in [0.29, 0.717) is 0 Å². The van der Waals surface area contributed by atoms with E-state index in [2.05, 4.69) is 5.32 Å². The molecule has 4 amide bonds. The van der Waals surface area contributed by atoms with Crippen LogP contribution in [-0.2, 0) is 14.3 Å². The molecule has 0 aliphatic carbocycles. The average molecular weight is 319 g/mol. The van der Waals surface area contributed by atoms with Gasteiger partial charge in [0, 0.05) is 7.05 Å². The van der Waals surface area contributed by atoms with Gasteiger partial charge in [-0.1, -0.05) is 12.1 Å². The highest BCUT2D eigenvalue weighted by molar-refractivity contribution is 6.07. The number of esters is 1. The van der Waals surface area contributed by atoms with E-state index in [1.807, 2.05) is 0 Å². The molecule has 0 atom stereocenters. The molecule has 0 bridgehead atoms. The number of carbonyl (C=O) groups excluding carboxylic acids is 4. The van der Waals surface area contributed by atoms with Crippen LogP contribution in [0.1, 0.15) is 17.3 Å². The molecule has 122 valence electrons. The average Bonchev–Trinajstić information content (AvgIpc) is 2.74. The van der Waals surface area contributed by atoms with E-state index in [-0.39, 0.29) is 24.4 Å². The summed E-state index contributed by atoms with van der Waals surface area (Å²) in [6.45, 7) is 1.44. The lowest BCUT2D eigenvalue weighted by Gasteiger charge is -2.15. The van der Waals surface area contributed by atoms with E-state index in [0.717, 1.165) is 4.90 Å². The van der Waals surface area contributed by atoms with E-state index >= 15 is 0 Å². The molecular formula is C15H17N3O5. The highest BCUT2D eigenvalue weighted by atomic mass is 16.5. The van der Waals surface area contributed by atoms with Crippen LogP contribution >= 0.6 is 0 Å². The smallest absolute Gasteiger partial charge is 0.340 e. The van der Waals surface area contributed by atoms with Crippen molar-refractivity contribution in [1.82, 2.24) is 9.80 Å². The SMILES string of the molecule is CCOC(=O)c1ccccc1NC(=O)CN1C(=O)CN(C)C1=O. The van der Waals surface area contributed by atoms with Crippen molar-refractivity contribution >= 4 is 29.5 Å². The van der Waals surface area contributed by atoms with Crippen molar-refractivity contribution in [3.63, 3.8) is 0 Å². The van der Waals surface area contributed by atoms with E-state index in [9.17, 15) is 19.2 Å². The summed E-state index contributed by atoms with van der Waals surface area (Å²) in [5.41, 5.74) is 0.474. The Morgan fingerprint density at radius 3 is 2.57 bits per heavy atom. The van der Waals surface area contributed by atoms with Crippen molar-refractivity contribution in [2.24, 2.45) is 0 Å². The third kappa shape index (κ3) is 3.65. The molecule has 1 aromatic carbocycles. The Morgan fingerprint density at radius 2 is 1.96 bits per heavy atom. The van der Waals surface area contributed by atoms with Crippen LogP contribution in [0.4, 0.5) is 10.5 Å². The molecule has 8 heteroatoms. The Morgan fingerprint density at radius 1 is 1.26 bits per heavy atom. The number of nitrogens with zero attached hydrogens (tertiary/aromatic N) is 2. The first-order valence-electron chi connectivity index (χ1n) is 7.05. The lowest BCUT2D eigenvalue weighted by Crippen LogP contribution is -2.38. The Balaban J connectivity index is 2.08. The van der Waals surface area contributed by atoms with Gasteiger partial charge < -0.3 is 15.0 Å². The van der Waals surface area contributed by atoms with Crippen LogP contribution in [0.25, 0.3) is 0 Å². The lowest BCUT2D eigenvalue weighted by atomic mass is 10.2. The number of anilines is 1. The number of benzene rings is 1. The van der Waals surface area contributed by atoms with Crippen LogP contribution in [0.2, 0.25) is 0 Å². The molecule has 0 saturated carbocycles. The fourth-order valence-electron chi connectivity index (χ4n) is 2.14. The predicted octanol–water partition coefficient (Wildman–Crippen LogP) is 0.696. The highest BCUT2D eigenvalue weighted by Gasteiger charge is 2.34. The number of imide groups is 1. The summed E-state index contributed by atoms with van der Waals surface area (Å²) in [6.07, 6.45) is 0. The normalized spacial score (nSPS) is 14.2. The van der Waals surface area contributed by atoms with Crippen LogP contribution < -0.4 is 5.32 Å². The Labute approximate surface area is 133 Å². The molecule has 0 unspecified atom stereocenters. The number of likely N-dealkylation sites (N-methyl/N-ethyl adjacent to an activating group) is 1. The molecule has 1 heterocycles. The van der Waals surface area contributed by atoms with Crippen molar-refractivity contribution < 1.29 is 23.9 Å². The van der Waals surface area contributed by atoms with Gasteiger partial charge in [0.05, 0.1) is 17.9 Å². The number of hydrogen-bond donors (Lipinski definition) is 1. The summed E-state index contributed by atoms with van der Waals surface area (Å²) in [4.78, 5) is 49.4. The molecule has 1 aromatic rings. The van der Waals surface area contributed by atoms with Crippen LogP contribution in [0.5, 0.6) is 0 Å². The zero-order valence-electron chi connectivity index (χ0n) is 12.9. The van der Waals surface area contributed by atoms with E-state index in [1.54, 1.807) is 25.1 Å². The summed E-state index contributed by atoms with van der Waals surface area (Å²) in [5, 5.41) is 2.53. The van der Waals surface area contributed by atoms with Gasteiger partial charge in [-0.2, -0.15) is 0 Å². The van der Waals surface area contributed by atoms with Crippen LogP contribution in [-0.4, -0.2) is 60.4 Å². The summed E-state index contributed by atoms with van der Waals surface area (Å²) in [7, 11) is 1.48. The van der Waals surface area contributed by atoms with E-state index in [1.165, 1.54) is 18.0 Å². The number of amides is 4. The summed E-state index contributed by atoms with van der Waals surface area (Å²) >= 11 is 0. The summed E-state index contributed by atoms with van der Waals surface area (Å²) < 4.78 is 4.92. The molecule has 1 saturated heterocycles. The Bertz CT molecular complexity index is 658. The molecule has 1 fully saturated rings. The first-order valence-corrected chi connectivity index (χ1v) is 7.05. The zero-order chi connectivity index (χ0) is 17.0. The minimum Gasteiger partial charge on any atom is -0.462 e. The first-order chi connectivity index (χ1) is 10.9. The number of rotatable bonds is 5. The lowest BCUT2D eigenvalue weighted by molar-refractivity contribution is -0.129. The summed E-state index contributed by atoms with van der Waals surface area (Å²) in [6, 6.07) is 5.84. The van der Waals surface area contributed by atoms with Gasteiger partial charge in [0.1, 0.15) is 13.1 Å². The standard InChI is InChI=1S/C15H17N3O5/c1-3-23-14(21)10-6-4-5-7-11(10)16-12(19)8-18-13(20)9-17(2)15(18)22/h4-7H,3,8-9H2,1-2H3,(H,16,19). The van der Waals surface area contributed by atoms with E-state index in [4.69, 9.17) is 4.74 Å². The maximum atomic E-state index is 12.1. The minimum atomic E-state index is -0.571. The predicted molar refractivity (Wildman–Crippen MR) is 80.8 cm³/mol. The molecule has 0 spiro atoms. The van der Waals surface area contributed by atoms with Gasteiger partial charge in [-0.15, -0.1) is 0 Å². The third-order valence-electron chi connectivity index (χ3n) is 3.23. The Hall–Kier alpha value is -2.90. The number of para-hydroxylation sites is 1. The molecule has 0 aromatic heterocycles. The summed E-state index contributed by atoms with van der Waals surface area (Å²) in [5.74, 6) is -1.57. The van der Waals surface area contributed by atoms with Gasteiger partial charge in [-0.25, -0.2) is 9.59 Å². The fraction of sp³-hybridized carbons (Fsp3) is 0.333. The largest absolute Gasteiger partial charge is 0.462 e. The van der Waals surface area contributed by atoms with Crippen molar-refractivity contribution in [2.75, 3.05) is 32.1 Å².